The summed E-state index contributed by atoms with van der Waals surface area (Å²) in [4.78, 5) is 0. The molecule has 2 rings (SSSR count). The summed E-state index contributed by atoms with van der Waals surface area (Å²) in [5.41, 5.74) is 4.95. The van der Waals surface area contributed by atoms with Gasteiger partial charge >= 0.3 is 0 Å². The van der Waals surface area contributed by atoms with Crippen LogP contribution in [0.15, 0.2) is 40.9 Å². The van der Waals surface area contributed by atoms with Crippen molar-refractivity contribution in [3.05, 3.63) is 63.1 Å². The van der Waals surface area contributed by atoms with Crippen molar-refractivity contribution in [3.63, 3.8) is 0 Å². The van der Waals surface area contributed by atoms with Gasteiger partial charge in [0.05, 0.1) is 13.2 Å². The molecule has 1 atom stereocenters. The van der Waals surface area contributed by atoms with Crippen LogP contribution in [-0.4, -0.2) is 13.7 Å². The molecule has 112 valence electrons. The van der Waals surface area contributed by atoms with Crippen molar-refractivity contribution in [2.45, 2.75) is 26.8 Å². The molecule has 21 heavy (non-hydrogen) atoms. The largest absolute Gasteiger partial charge is 0.496 e. The molecule has 0 saturated carbocycles. The van der Waals surface area contributed by atoms with Gasteiger partial charge in [0.25, 0.3) is 0 Å². The maximum Gasteiger partial charge on any atom is 0.123 e. The molecule has 0 fully saturated rings. The van der Waals surface area contributed by atoms with Gasteiger partial charge in [-0.15, -0.1) is 0 Å². The molecule has 2 nitrogen and oxygen atoms in total. The summed E-state index contributed by atoms with van der Waals surface area (Å²) in [5, 5.41) is 3.58. The molecule has 0 amide bonds. The smallest absolute Gasteiger partial charge is 0.123 e. The normalized spacial score (nSPS) is 12.2. The summed E-state index contributed by atoms with van der Waals surface area (Å²) < 4.78 is 6.70. The Hall–Kier alpha value is -1.32. The zero-order valence-corrected chi connectivity index (χ0v) is 14.6. The van der Waals surface area contributed by atoms with Crippen molar-refractivity contribution in [3.8, 4) is 5.75 Å². The Bertz CT molecular complexity index is 625. The molecule has 0 spiro atoms. The number of hydrogen-bond acceptors (Lipinski definition) is 2. The Morgan fingerprint density at radius 1 is 1.14 bits per heavy atom. The molecule has 0 aliphatic heterocycles. The zero-order valence-electron chi connectivity index (χ0n) is 13.0. The van der Waals surface area contributed by atoms with Gasteiger partial charge < -0.3 is 10.1 Å². The minimum absolute atomic E-state index is 0.127. The first kappa shape index (κ1) is 16.1. The average Bonchev–Trinajstić information content (AvgIpc) is 2.48. The van der Waals surface area contributed by atoms with E-state index in [9.17, 15) is 0 Å². The summed E-state index contributed by atoms with van der Waals surface area (Å²) in [6, 6.07) is 12.8. The van der Waals surface area contributed by atoms with Gasteiger partial charge in [-0.3, -0.25) is 0 Å². The second kappa shape index (κ2) is 7.10. The van der Waals surface area contributed by atoms with Gasteiger partial charge in [0.2, 0.25) is 0 Å². The third kappa shape index (κ3) is 3.47. The zero-order chi connectivity index (χ0) is 15.4. The molecule has 2 aromatic rings. The van der Waals surface area contributed by atoms with E-state index in [0.717, 1.165) is 16.8 Å². The third-order valence-corrected chi connectivity index (χ3v) is 4.58. The van der Waals surface area contributed by atoms with E-state index in [1.807, 2.05) is 6.07 Å². The fourth-order valence-electron chi connectivity index (χ4n) is 2.61. The summed E-state index contributed by atoms with van der Waals surface area (Å²) in [5.74, 6) is 0.922. The highest BCUT2D eigenvalue weighted by molar-refractivity contribution is 9.10. The fraction of sp³-hybridized carbons (Fsp3) is 0.333. The second-order valence-corrected chi connectivity index (χ2v) is 6.04. The number of hydrogen-bond donors (Lipinski definition) is 1. The first-order chi connectivity index (χ1) is 10.1. The van der Waals surface area contributed by atoms with Crippen molar-refractivity contribution in [1.29, 1.82) is 0 Å². The number of ether oxygens (including phenoxy) is 1. The van der Waals surface area contributed by atoms with Gasteiger partial charge in [0.15, 0.2) is 0 Å². The first-order valence-electron chi connectivity index (χ1n) is 7.21. The number of methoxy groups -OCH3 is 1. The van der Waals surface area contributed by atoms with Gasteiger partial charge in [0.1, 0.15) is 5.75 Å². The van der Waals surface area contributed by atoms with Crippen LogP contribution >= 0.6 is 15.9 Å². The summed E-state index contributed by atoms with van der Waals surface area (Å²) >= 11 is 3.63. The number of benzene rings is 2. The van der Waals surface area contributed by atoms with Crippen molar-refractivity contribution in [1.82, 2.24) is 5.32 Å². The van der Waals surface area contributed by atoms with Crippen LogP contribution in [0.2, 0.25) is 0 Å². The number of halogens is 1. The predicted molar refractivity (Wildman–Crippen MR) is 92.1 cm³/mol. The van der Waals surface area contributed by atoms with Crippen molar-refractivity contribution >= 4 is 15.9 Å². The van der Waals surface area contributed by atoms with Crippen molar-refractivity contribution < 1.29 is 4.74 Å². The average molecular weight is 348 g/mol. The van der Waals surface area contributed by atoms with Crippen LogP contribution in [0.25, 0.3) is 0 Å². The van der Waals surface area contributed by atoms with Crippen LogP contribution in [0.5, 0.6) is 5.75 Å². The molecule has 0 radical (unpaired) electrons. The highest BCUT2D eigenvalue weighted by atomic mass is 79.9. The van der Waals surface area contributed by atoms with Crippen LogP contribution < -0.4 is 10.1 Å². The Morgan fingerprint density at radius 3 is 2.57 bits per heavy atom. The number of nitrogens with one attached hydrogen (secondary N) is 1. The molecule has 0 aliphatic carbocycles. The van der Waals surface area contributed by atoms with Crippen LogP contribution in [0.4, 0.5) is 0 Å². The van der Waals surface area contributed by atoms with E-state index >= 15 is 0 Å². The predicted octanol–water partition coefficient (Wildman–Crippen LogP) is 4.77. The lowest BCUT2D eigenvalue weighted by molar-refractivity contribution is 0.404. The highest BCUT2D eigenvalue weighted by Crippen LogP contribution is 2.34. The lowest BCUT2D eigenvalue weighted by Crippen LogP contribution is -2.23. The van der Waals surface area contributed by atoms with E-state index < -0.39 is 0 Å². The molecule has 1 N–H and O–H groups in total. The summed E-state index contributed by atoms with van der Waals surface area (Å²) in [7, 11) is 1.73. The summed E-state index contributed by atoms with van der Waals surface area (Å²) in [6.07, 6.45) is 0. The number of aryl methyl sites for hydroxylation is 1. The van der Waals surface area contributed by atoms with E-state index in [1.165, 1.54) is 22.3 Å². The molecule has 1 unspecified atom stereocenters. The van der Waals surface area contributed by atoms with Crippen molar-refractivity contribution in [2.24, 2.45) is 0 Å². The Labute approximate surface area is 135 Å². The van der Waals surface area contributed by atoms with E-state index in [0.29, 0.717) is 0 Å². The second-order valence-electron chi connectivity index (χ2n) is 5.19. The fourth-order valence-corrected chi connectivity index (χ4v) is 2.99. The third-order valence-electron chi connectivity index (χ3n) is 3.73. The lowest BCUT2D eigenvalue weighted by atomic mass is 9.93. The molecule has 3 heteroatoms. The molecular weight excluding hydrogens is 326 g/mol. The molecule has 2 aromatic carbocycles. The molecular formula is C18H22BrNO. The van der Waals surface area contributed by atoms with Crippen LogP contribution in [0.3, 0.4) is 0 Å². The van der Waals surface area contributed by atoms with E-state index in [4.69, 9.17) is 4.74 Å². The Kier molecular flexibility index (Phi) is 5.43. The van der Waals surface area contributed by atoms with Gasteiger partial charge in [-0.05, 0) is 43.7 Å². The maximum atomic E-state index is 5.57. The standard InChI is InChI=1S/C18H22BrNO/c1-5-20-18(14-7-6-8-16(19)13(14)3)15-11-12(2)9-10-17(15)21-4/h6-11,18,20H,5H2,1-4H3. The minimum Gasteiger partial charge on any atom is -0.496 e. The van der Waals surface area contributed by atoms with Gasteiger partial charge in [0, 0.05) is 10.0 Å². The SMILES string of the molecule is CCNC(c1cc(C)ccc1OC)c1cccc(Br)c1C. The van der Waals surface area contributed by atoms with Crippen molar-refractivity contribution in [2.75, 3.05) is 13.7 Å². The van der Waals surface area contributed by atoms with Crippen LogP contribution in [0, 0.1) is 13.8 Å². The molecule has 0 heterocycles. The van der Waals surface area contributed by atoms with Gasteiger partial charge in [-0.1, -0.05) is 52.7 Å². The topological polar surface area (TPSA) is 21.3 Å². The summed E-state index contributed by atoms with van der Waals surface area (Å²) in [6.45, 7) is 7.28. The maximum absolute atomic E-state index is 5.57. The van der Waals surface area contributed by atoms with Gasteiger partial charge in [-0.2, -0.15) is 0 Å². The molecule has 0 saturated heterocycles. The van der Waals surface area contributed by atoms with E-state index in [-0.39, 0.29) is 6.04 Å². The molecule has 0 aliphatic rings. The first-order valence-corrected chi connectivity index (χ1v) is 8.00. The quantitative estimate of drug-likeness (QED) is 0.840. The lowest BCUT2D eigenvalue weighted by Gasteiger charge is -2.24. The molecule has 0 aromatic heterocycles. The highest BCUT2D eigenvalue weighted by Gasteiger charge is 2.20. The van der Waals surface area contributed by atoms with Gasteiger partial charge in [-0.25, -0.2) is 0 Å². The minimum atomic E-state index is 0.127. The monoisotopic (exact) mass is 347 g/mol. The van der Waals surface area contributed by atoms with E-state index in [1.54, 1.807) is 7.11 Å². The molecule has 0 bridgehead atoms. The number of rotatable bonds is 5. The van der Waals surface area contributed by atoms with Crippen LogP contribution in [0.1, 0.15) is 35.2 Å². The Morgan fingerprint density at radius 2 is 1.90 bits per heavy atom. The Balaban J connectivity index is 2.58. The van der Waals surface area contributed by atoms with Crippen LogP contribution in [-0.2, 0) is 0 Å². The van der Waals surface area contributed by atoms with E-state index in [2.05, 4.69) is 72.3 Å².